The summed E-state index contributed by atoms with van der Waals surface area (Å²) in [6, 6.07) is 48.6. The molecule has 0 spiro atoms. The monoisotopic (exact) mass is 634 g/mol. The average Bonchev–Trinajstić information content (AvgIpc) is 3.65. The molecule has 9 aromatic rings. The number of hydrogen-bond donors (Lipinski definition) is 0. The third kappa shape index (κ3) is 4.85. The molecule has 0 amide bonds. The lowest BCUT2D eigenvalue weighted by molar-refractivity contribution is 0.483. The minimum Gasteiger partial charge on any atom is -0.457 e. The maximum absolute atomic E-state index is 6.57. The molecule has 0 saturated heterocycles. The zero-order valence-electron chi connectivity index (χ0n) is 27.6. The van der Waals surface area contributed by atoms with Crippen LogP contribution in [0.4, 0.5) is 0 Å². The lowest BCUT2D eigenvalue weighted by Crippen LogP contribution is -2.12. The van der Waals surface area contributed by atoms with Gasteiger partial charge in [-0.1, -0.05) is 81.4 Å². The van der Waals surface area contributed by atoms with Crippen molar-refractivity contribution in [3.63, 3.8) is 0 Å². The quantitative estimate of drug-likeness (QED) is 0.189. The van der Waals surface area contributed by atoms with Gasteiger partial charge in [-0.2, -0.15) is 0 Å². The van der Waals surface area contributed by atoms with Gasteiger partial charge in [-0.05, 0) is 83.8 Å². The highest BCUT2D eigenvalue weighted by molar-refractivity contribution is 6.26. The van der Waals surface area contributed by atoms with E-state index in [4.69, 9.17) is 9.72 Å². The molecule has 0 aliphatic heterocycles. The number of benzene rings is 5. The van der Waals surface area contributed by atoms with Gasteiger partial charge in [0, 0.05) is 51.3 Å². The maximum atomic E-state index is 6.57. The molecule has 9 rings (SSSR count). The molecular formula is C44H34N4O. The lowest BCUT2D eigenvalue weighted by Gasteiger charge is -2.20. The molecule has 4 aromatic heterocycles. The van der Waals surface area contributed by atoms with E-state index in [-0.39, 0.29) is 5.41 Å². The number of fused-ring (bicyclic) bond motifs is 7. The predicted octanol–water partition coefficient (Wildman–Crippen LogP) is 11.4. The van der Waals surface area contributed by atoms with Gasteiger partial charge in [0.15, 0.2) is 0 Å². The van der Waals surface area contributed by atoms with Crippen LogP contribution in [-0.2, 0) is 5.41 Å². The van der Waals surface area contributed by atoms with Gasteiger partial charge in [-0.25, -0.2) is 4.98 Å². The number of nitrogens with zero attached hydrogens (tertiary/aromatic N) is 4. The summed E-state index contributed by atoms with van der Waals surface area (Å²) in [5, 5.41) is 4.71. The smallest absolute Gasteiger partial charge is 0.137 e. The van der Waals surface area contributed by atoms with E-state index in [1.165, 1.54) is 27.2 Å². The molecule has 0 unspecified atom stereocenters. The minimum atomic E-state index is -0.0397. The molecule has 49 heavy (non-hydrogen) atoms. The van der Waals surface area contributed by atoms with Crippen molar-refractivity contribution >= 4 is 43.6 Å². The Balaban J connectivity index is 1.33. The largest absolute Gasteiger partial charge is 0.457 e. The second-order valence-corrected chi connectivity index (χ2v) is 13.6. The van der Waals surface area contributed by atoms with Crippen molar-refractivity contribution in [1.82, 2.24) is 19.1 Å². The van der Waals surface area contributed by atoms with Crippen LogP contribution in [0.3, 0.4) is 0 Å². The third-order valence-corrected chi connectivity index (χ3v) is 9.42. The van der Waals surface area contributed by atoms with Crippen LogP contribution in [0.25, 0.3) is 66.4 Å². The van der Waals surface area contributed by atoms with Crippen molar-refractivity contribution in [3.8, 4) is 34.3 Å². The summed E-state index contributed by atoms with van der Waals surface area (Å²) in [5.74, 6) is 2.39. The van der Waals surface area contributed by atoms with Crippen molar-refractivity contribution < 1.29 is 4.74 Å². The summed E-state index contributed by atoms with van der Waals surface area (Å²) in [7, 11) is 0. The van der Waals surface area contributed by atoms with Gasteiger partial charge < -0.3 is 9.30 Å². The van der Waals surface area contributed by atoms with Crippen LogP contribution in [0.1, 0.15) is 26.3 Å². The summed E-state index contributed by atoms with van der Waals surface area (Å²) in [4.78, 5) is 9.55. The minimum absolute atomic E-state index is 0.0397. The number of para-hydroxylation sites is 2. The highest BCUT2D eigenvalue weighted by Gasteiger charge is 2.23. The molecule has 236 valence electrons. The fraction of sp³-hybridized carbons (Fsp3) is 0.0909. The molecule has 5 aromatic carbocycles. The summed E-state index contributed by atoms with van der Waals surface area (Å²) in [5.41, 5.74) is 8.72. The highest BCUT2D eigenvalue weighted by Crippen LogP contribution is 2.43. The summed E-state index contributed by atoms with van der Waals surface area (Å²) >= 11 is 0. The standard InChI is InChI=1S/C44H34N4O/c1-44(2,3)30-23-25-46-41(27-30)48-40-28-33(49-32-15-11-12-29(26-32)37-17-9-10-24-45-37)19-20-34(40)35-21-22-39-42(43(35)48)36-16-7-8-18-38(36)47(39)31-13-5-4-6-14-31/h4-28H,1-3H3. The average molecular weight is 635 g/mol. The van der Waals surface area contributed by atoms with E-state index in [0.717, 1.165) is 56.2 Å². The molecule has 0 bridgehead atoms. The molecular weight excluding hydrogens is 601 g/mol. The second-order valence-electron chi connectivity index (χ2n) is 13.6. The Hall–Kier alpha value is -6.20. The first kappa shape index (κ1) is 29.0. The van der Waals surface area contributed by atoms with Gasteiger partial charge in [0.1, 0.15) is 17.3 Å². The molecule has 0 N–H and O–H groups in total. The van der Waals surface area contributed by atoms with Crippen molar-refractivity contribution in [2.75, 3.05) is 0 Å². The SMILES string of the molecule is CC(C)(C)c1ccnc(-n2c3cc(Oc4cccc(-c5ccccn5)c4)ccc3c3ccc4c(c5ccccc5n4-c4ccccc4)c32)c1. The lowest BCUT2D eigenvalue weighted by atomic mass is 9.88. The number of ether oxygens (including phenoxy) is 1. The zero-order chi connectivity index (χ0) is 33.1. The van der Waals surface area contributed by atoms with Crippen LogP contribution in [-0.4, -0.2) is 19.1 Å². The first-order valence-corrected chi connectivity index (χ1v) is 16.7. The normalized spacial score (nSPS) is 12.0. The second kappa shape index (κ2) is 11.2. The van der Waals surface area contributed by atoms with E-state index in [1.807, 2.05) is 48.8 Å². The Bertz CT molecular complexity index is 2660. The molecule has 0 atom stereocenters. The number of hydrogen-bond acceptors (Lipinski definition) is 3. The highest BCUT2D eigenvalue weighted by atomic mass is 16.5. The van der Waals surface area contributed by atoms with Gasteiger partial charge in [-0.3, -0.25) is 9.55 Å². The number of pyridine rings is 2. The number of rotatable bonds is 5. The summed E-state index contributed by atoms with van der Waals surface area (Å²) < 4.78 is 11.3. The zero-order valence-corrected chi connectivity index (χ0v) is 27.6. The molecule has 0 fully saturated rings. The topological polar surface area (TPSA) is 44.9 Å². The molecule has 4 heterocycles. The van der Waals surface area contributed by atoms with Gasteiger partial charge in [0.2, 0.25) is 0 Å². The van der Waals surface area contributed by atoms with E-state index in [0.29, 0.717) is 0 Å². The van der Waals surface area contributed by atoms with Gasteiger partial charge in [0.25, 0.3) is 0 Å². The van der Waals surface area contributed by atoms with Crippen molar-refractivity contribution in [1.29, 1.82) is 0 Å². The van der Waals surface area contributed by atoms with Crippen molar-refractivity contribution in [2.24, 2.45) is 0 Å². The Kier molecular flexibility index (Phi) is 6.63. The van der Waals surface area contributed by atoms with E-state index in [2.05, 4.69) is 138 Å². The first-order valence-electron chi connectivity index (χ1n) is 16.7. The predicted molar refractivity (Wildman–Crippen MR) is 201 cm³/mol. The van der Waals surface area contributed by atoms with Crippen LogP contribution < -0.4 is 4.74 Å². The van der Waals surface area contributed by atoms with Crippen LogP contribution in [0.5, 0.6) is 11.5 Å². The molecule has 5 heteroatoms. The molecule has 0 aliphatic rings. The summed E-state index contributed by atoms with van der Waals surface area (Å²) in [6.45, 7) is 6.73. The van der Waals surface area contributed by atoms with Gasteiger partial charge in [-0.15, -0.1) is 0 Å². The van der Waals surface area contributed by atoms with Crippen LogP contribution in [0, 0.1) is 0 Å². The Labute approximate surface area is 284 Å². The maximum Gasteiger partial charge on any atom is 0.137 e. The van der Waals surface area contributed by atoms with Gasteiger partial charge in [0.05, 0.1) is 27.8 Å². The van der Waals surface area contributed by atoms with E-state index in [9.17, 15) is 0 Å². The van der Waals surface area contributed by atoms with Crippen molar-refractivity contribution in [3.05, 3.63) is 157 Å². The fourth-order valence-electron chi connectivity index (χ4n) is 7.09. The Morgan fingerprint density at radius 3 is 2.16 bits per heavy atom. The van der Waals surface area contributed by atoms with Crippen LogP contribution in [0.15, 0.2) is 152 Å². The first-order chi connectivity index (χ1) is 23.9. The van der Waals surface area contributed by atoms with Crippen molar-refractivity contribution in [2.45, 2.75) is 26.2 Å². The summed E-state index contributed by atoms with van der Waals surface area (Å²) in [6.07, 6.45) is 3.75. The molecule has 0 saturated carbocycles. The fourth-order valence-corrected chi connectivity index (χ4v) is 7.09. The van der Waals surface area contributed by atoms with Gasteiger partial charge >= 0.3 is 0 Å². The number of aromatic nitrogens is 4. The van der Waals surface area contributed by atoms with E-state index < -0.39 is 0 Å². The Morgan fingerprint density at radius 2 is 1.33 bits per heavy atom. The van der Waals surface area contributed by atoms with E-state index >= 15 is 0 Å². The Morgan fingerprint density at radius 1 is 0.531 bits per heavy atom. The van der Waals surface area contributed by atoms with E-state index in [1.54, 1.807) is 0 Å². The van der Waals surface area contributed by atoms with Crippen LogP contribution >= 0.6 is 0 Å². The molecule has 0 radical (unpaired) electrons. The third-order valence-electron chi connectivity index (χ3n) is 9.42. The van der Waals surface area contributed by atoms with Crippen LogP contribution in [0.2, 0.25) is 0 Å². The molecule has 0 aliphatic carbocycles. The molecule has 5 nitrogen and oxygen atoms in total.